The second kappa shape index (κ2) is 7.79. The van der Waals surface area contributed by atoms with E-state index in [1.165, 1.54) is 6.42 Å². The minimum absolute atomic E-state index is 0.318. The van der Waals surface area contributed by atoms with E-state index in [0.29, 0.717) is 18.6 Å². The zero-order valence-electron chi connectivity index (χ0n) is 11.6. The molecule has 1 atom stereocenters. The second-order valence-electron chi connectivity index (χ2n) is 5.01. The van der Waals surface area contributed by atoms with Crippen molar-refractivity contribution in [3.63, 3.8) is 0 Å². The van der Waals surface area contributed by atoms with E-state index in [1.807, 2.05) is 18.2 Å². The van der Waals surface area contributed by atoms with E-state index >= 15 is 0 Å². The van der Waals surface area contributed by atoms with Gasteiger partial charge in [0.05, 0.1) is 0 Å². The SMILES string of the molecule is C#CCOc1ccccc1CNC(C)CC(C)C. The molecule has 1 aromatic rings. The summed E-state index contributed by atoms with van der Waals surface area (Å²) in [4.78, 5) is 0. The molecule has 0 saturated heterocycles. The summed E-state index contributed by atoms with van der Waals surface area (Å²) in [6.07, 6.45) is 6.39. The lowest BCUT2D eigenvalue weighted by Gasteiger charge is -2.17. The van der Waals surface area contributed by atoms with Gasteiger partial charge in [-0.05, 0) is 25.3 Å². The van der Waals surface area contributed by atoms with Crippen LogP contribution >= 0.6 is 0 Å². The topological polar surface area (TPSA) is 21.3 Å². The van der Waals surface area contributed by atoms with Gasteiger partial charge in [-0.1, -0.05) is 38.0 Å². The largest absolute Gasteiger partial charge is 0.481 e. The Labute approximate surface area is 111 Å². The molecule has 98 valence electrons. The summed E-state index contributed by atoms with van der Waals surface area (Å²) in [6, 6.07) is 8.52. The number of rotatable bonds is 7. The third kappa shape index (κ3) is 5.25. The molecule has 2 nitrogen and oxygen atoms in total. The molecular weight excluding hydrogens is 222 g/mol. The van der Waals surface area contributed by atoms with E-state index < -0.39 is 0 Å². The predicted molar refractivity (Wildman–Crippen MR) is 76.5 cm³/mol. The van der Waals surface area contributed by atoms with E-state index in [4.69, 9.17) is 11.2 Å². The van der Waals surface area contributed by atoms with Gasteiger partial charge in [0, 0.05) is 18.2 Å². The van der Waals surface area contributed by atoms with Gasteiger partial charge in [0.15, 0.2) is 0 Å². The number of hydrogen-bond donors (Lipinski definition) is 1. The number of para-hydroxylation sites is 1. The van der Waals surface area contributed by atoms with Crippen molar-refractivity contribution in [2.75, 3.05) is 6.61 Å². The summed E-state index contributed by atoms with van der Waals surface area (Å²) in [5.41, 5.74) is 1.16. The fourth-order valence-electron chi connectivity index (χ4n) is 1.98. The summed E-state index contributed by atoms with van der Waals surface area (Å²) in [5.74, 6) is 4.08. The quantitative estimate of drug-likeness (QED) is 0.745. The van der Waals surface area contributed by atoms with Crippen molar-refractivity contribution in [3.05, 3.63) is 29.8 Å². The van der Waals surface area contributed by atoms with E-state index in [0.717, 1.165) is 17.9 Å². The van der Waals surface area contributed by atoms with Crippen LogP contribution in [0.1, 0.15) is 32.8 Å². The molecular formula is C16H23NO. The van der Waals surface area contributed by atoms with Crippen LogP contribution in [-0.4, -0.2) is 12.6 Å². The summed E-state index contributed by atoms with van der Waals surface area (Å²) >= 11 is 0. The highest BCUT2D eigenvalue weighted by Crippen LogP contribution is 2.18. The van der Waals surface area contributed by atoms with Crippen molar-refractivity contribution in [1.82, 2.24) is 5.32 Å². The molecule has 0 spiro atoms. The Balaban J connectivity index is 2.53. The first-order valence-electron chi connectivity index (χ1n) is 6.51. The van der Waals surface area contributed by atoms with Gasteiger partial charge in [0.25, 0.3) is 0 Å². The molecule has 0 aliphatic carbocycles. The number of terminal acetylenes is 1. The highest BCUT2D eigenvalue weighted by Gasteiger charge is 2.07. The van der Waals surface area contributed by atoms with Crippen LogP contribution in [0, 0.1) is 18.3 Å². The Morgan fingerprint density at radius 3 is 2.67 bits per heavy atom. The van der Waals surface area contributed by atoms with Crippen molar-refractivity contribution in [1.29, 1.82) is 0 Å². The minimum atomic E-state index is 0.318. The Kier molecular flexibility index (Phi) is 6.32. The zero-order chi connectivity index (χ0) is 13.4. The Morgan fingerprint density at radius 2 is 2.00 bits per heavy atom. The third-order valence-electron chi connectivity index (χ3n) is 2.75. The van der Waals surface area contributed by atoms with Gasteiger partial charge in [-0.3, -0.25) is 0 Å². The Hall–Kier alpha value is -1.46. The number of hydrogen-bond acceptors (Lipinski definition) is 2. The van der Waals surface area contributed by atoms with Crippen molar-refractivity contribution >= 4 is 0 Å². The van der Waals surface area contributed by atoms with Crippen LogP contribution < -0.4 is 10.1 Å². The average molecular weight is 245 g/mol. The summed E-state index contributed by atoms with van der Waals surface area (Å²) in [7, 11) is 0. The average Bonchev–Trinajstić information content (AvgIpc) is 2.34. The van der Waals surface area contributed by atoms with Crippen LogP contribution in [0.15, 0.2) is 24.3 Å². The van der Waals surface area contributed by atoms with E-state index in [9.17, 15) is 0 Å². The maximum Gasteiger partial charge on any atom is 0.148 e. The molecule has 0 radical (unpaired) electrons. The second-order valence-corrected chi connectivity index (χ2v) is 5.01. The van der Waals surface area contributed by atoms with Crippen LogP contribution in [0.5, 0.6) is 5.75 Å². The molecule has 0 fully saturated rings. The van der Waals surface area contributed by atoms with Crippen LogP contribution in [0.3, 0.4) is 0 Å². The van der Waals surface area contributed by atoms with Gasteiger partial charge >= 0.3 is 0 Å². The molecule has 0 amide bonds. The van der Waals surface area contributed by atoms with Crippen LogP contribution in [0.4, 0.5) is 0 Å². The van der Waals surface area contributed by atoms with Crippen molar-refractivity contribution in [3.8, 4) is 18.1 Å². The molecule has 1 unspecified atom stereocenters. The summed E-state index contributed by atoms with van der Waals surface area (Å²) < 4.78 is 5.52. The van der Waals surface area contributed by atoms with Gasteiger partial charge < -0.3 is 10.1 Å². The van der Waals surface area contributed by atoms with Crippen molar-refractivity contribution < 1.29 is 4.74 Å². The molecule has 1 aromatic carbocycles. The molecule has 1 rings (SSSR count). The molecule has 0 saturated carbocycles. The number of nitrogens with one attached hydrogen (secondary N) is 1. The predicted octanol–water partition coefficient (Wildman–Crippen LogP) is 3.22. The third-order valence-corrected chi connectivity index (χ3v) is 2.75. The maximum absolute atomic E-state index is 5.52. The standard InChI is InChI=1S/C16H23NO/c1-5-10-18-16-9-7-6-8-15(16)12-17-14(4)11-13(2)3/h1,6-9,13-14,17H,10-12H2,2-4H3. The van der Waals surface area contributed by atoms with E-state index in [1.54, 1.807) is 0 Å². The van der Waals surface area contributed by atoms with Crippen LogP contribution in [0.2, 0.25) is 0 Å². The first kappa shape index (κ1) is 14.6. The lowest BCUT2D eigenvalue weighted by molar-refractivity contribution is 0.362. The molecule has 0 bridgehead atoms. The lowest BCUT2D eigenvalue weighted by Crippen LogP contribution is -2.27. The van der Waals surface area contributed by atoms with Crippen molar-refractivity contribution in [2.24, 2.45) is 5.92 Å². The smallest absolute Gasteiger partial charge is 0.148 e. The molecule has 0 aromatic heterocycles. The number of ether oxygens (including phenoxy) is 1. The fourth-order valence-corrected chi connectivity index (χ4v) is 1.98. The highest BCUT2D eigenvalue weighted by atomic mass is 16.5. The first-order valence-corrected chi connectivity index (χ1v) is 6.51. The normalized spacial score (nSPS) is 12.2. The monoisotopic (exact) mass is 245 g/mol. The van der Waals surface area contributed by atoms with Gasteiger partial charge in [-0.15, -0.1) is 6.42 Å². The Morgan fingerprint density at radius 1 is 1.28 bits per heavy atom. The van der Waals surface area contributed by atoms with Crippen LogP contribution in [0.25, 0.3) is 0 Å². The Bertz CT molecular complexity index is 392. The fraction of sp³-hybridized carbons (Fsp3) is 0.500. The summed E-state index contributed by atoms with van der Waals surface area (Å²) in [6.45, 7) is 7.82. The highest BCUT2D eigenvalue weighted by molar-refractivity contribution is 5.33. The van der Waals surface area contributed by atoms with E-state index in [2.05, 4.69) is 38.1 Å². The van der Waals surface area contributed by atoms with Crippen molar-refractivity contribution in [2.45, 2.75) is 39.8 Å². The molecule has 1 N–H and O–H groups in total. The minimum Gasteiger partial charge on any atom is -0.481 e. The number of benzene rings is 1. The van der Waals surface area contributed by atoms with Gasteiger partial charge in [0.1, 0.15) is 12.4 Å². The maximum atomic E-state index is 5.52. The molecule has 0 aliphatic heterocycles. The molecule has 18 heavy (non-hydrogen) atoms. The summed E-state index contributed by atoms with van der Waals surface area (Å²) in [5, 5.41) is 3.52. The lowest BCUT2D eigenvalue weighted by atomic mass is 10.0. The molecule has 0 heterocycles. The zero-order valence-corrected chi connectivity index (χ0v) is 11.6. The molecule has 0 aliphatic rings. The van der Waals surface area contributed by atoms with Crippen LogP contribution in [-0.2, 0) is 6.54 Å². The van der Waals surface area contributed by atoms with Gasteiger partial charge in [-0.2, -0.15) is 0 Å². The first-order chi connectivity index (χ1) is 8.63. The van der Waals surface area contributed by atoms with Gasteiger partial charge in [0.2, 0.25) is 0 Å². The van der Waals surface area contributed by atoms with Gasteiger partial charge in [-0.25, -0.2) is 0 Å². The molecule has 2 heteroatoms. The van der Waals surface area contributed by atoms with E-state index in [-0.39, 0.29) is 0 Å².